The van der Waals surface area contributed by atoms with Gasteiger partial charge in [-0.15, -0.1) is 22.7 Å². The molecule has 0 atom stereocenters. The molecule has 0 saturated heterocycles. The molecule has 15 heteroatoms. The summed E-state index contributed by atoms with van der Waals surface area (Å²) in [7, 11) is 3.06. The maximum Gasteiger partial charge on any atom is 0.433 e. The maximum atomic E-state index is 13.9. The molecule has 9 nitrogen and oxygen atoms in total. The molecule has 0 unspecified atom stereocenters. The second kappa shape index (κ2) is 10.3. The molecule has 4 heterocycles. The van der Waals surface area contributed by atoms with Crippen LogP contribution in [-0.2, 0) is 10.9 Å². The number of nitrogens with one attached hydrogen (secondary N) is 1. The molecule has 0 spiro atoms. The molecule has 2 amide bonds. The molecule has 4 aromatic rings. The number of aromatic nitrogens is 3. The highest BCUT2D eigenvalue weighted by Gasteiger charge is 2.36. The fourth-order valence-electron chi connectivity index (χ4n) is 3.49. The van der Waals surface area contributed by atoms with Gasteiger partial charge in [-0.25, -0.2) is 14.3 Å². The number of halogens is 4. The Bertz CT molecular complexity index is 1570. The van der Waals surface area contributed by atoms with Gasteiger partial charge in [-0.2, -0.15) is 18.3 Å². The number of carbonyl (C=O) groups excluding carboxylic acids is 3. The van der Waals surface area contributed by atoms with Crippen molar-refractivity contribution in [2.45, 2.75) is 20.0 Å². The van der Waals surface area contributed by atoms with Gasteiger partial charge in [0.05, 0.1) is 32.0 Å². The van der Waals surface area contributed by atoms with Crippen LogP contribution in [0, 0.1) is 6.92 Å². The highest BCUT2D eigenvalue weighted by Crippen LogP contribution is 2.37. The van der Waals surface area contributed by atoms with E-state index in [-0.39, 0.29) is 39.1 Å². The summed E-state index contributed by atoms with van der Waals surface area (Å²) in [4.78, 5) is 44.5. The van der Waals surface area contributed by atoms with Crippen LogP contribution in [-0.4, -0.2) is 58.0 Å². The van der Waals surface area contributed by atoms with E-state index in [4.69, 9.17) is 16.3 Å². The van der Waals surface area contributed by atoms with Crippen molar-refractivity contribution < 1.29 is 32.3 Å². The third-order valence-electron chi connectivity index (χ3n) is 5.23. The Morgan fingerprint density at radius 2 is 1.89 bits per heavy atom. The van der Waals surface area contributed by atoms with Gasteiger partial charge in [0.1, 0.15) is 5.00 Å². The highest BCUT2D eigenvalue weighted by molar-refractivity contribution is 7.19. The number of amides is 2. The summed E-state index contributed by atoms with van der Waals surface area (Å²) < 4.78 is 47.6. The number of hydrogen-bond donors (Lipinski definition) is 1. The van der Waals surface area contributed by atoms with E-state index in [1.165, 1.54) is 32.0 Å². The van der Waals surface area contributed by atoms with Gasteiger partial charge in [0.15, 0.2) is 17.0 Å². The van der Waals surface area contributed by atoms with Crippen molar-refractivity contribution >= 4 is 62.7 Å². The third-order valence-corrected chi connectivity index (χ3v) is 7.68. The lowest BCUT2D eigenvalue weighted by Gasteiger charge is -2.10. The lowest BCUT2D eigenvalue weighted by atomic mass is 10.1. The van der Waals surface area contributed by atoms with Crippen LogP contribution < -0.4 is 5.32 Å². The van der Waals surface area contributed by atoms with E-state index in [9.17, 15) is 27.6 Å². The van der Waals surface area contributed by atoms with E-state index in [1.807, 2.05) is 0 Å². The molecule has 4 rings (SSSR count). The zero-order valence-electron chi connectivity index (χ0n) is 20.3. The van der Waals surface area contributed by atoms with Gasteiger partial charge in [0, 0.05) is 20.2 Å². The third kappa shape index (κ3) is 5.24. The number of esters is 1. The zero-order chi connectivity index (χ0) is 27.9. The first kappa shape index (κ1) is 27.5. The number of thiophene rings is 2. The fraction of sp³-hybridized carbons (Fsp3) is 0.261. The van der Waals surface area contributed by atoms with Gasteiger partial charge in [-0.05, 0) is 37.6 Å². The molecular weight excluding hydrogens is 567 g/mol. The smallest absolute Gasteiger partial charge is 0.433 e. The van der Waals surface area contributed by atoms with E-state index >= 15 is 0 Å². The van der Waals surface area contributed by atoms with Crippen LogP contribution in [0.15, 0.2) is 24.3 Å². The Balaban J connectivity index is 1.78. The first-order valence-electron chi connectivity index (χ1n) is 10.9. The Morgan fingerprint density at radius 1 is 1.18 bits per heavy atom. The van der Waals surface area contributed by atoms with Crippen LogP contribution in [0.4, 0.5) is 18.2 Å². The molecule has 1 N–H and O–H groups in total. The van der Waals surface area contributed by atoms with E-state index in [1.54, 1.807) is 13.0 Å². The quantitative estimate of drug-likeness (QED) is 0.294. The van der Waals surface area contributed by atoms with Crippen LogP contribution in [0.25, 0.3) is 16.2 Å². The van der Waals surface area contributed by atoms with Gasteiger partial charge in [0.2, 0.25) is 0 Å². The molecular formula is C23H19ClF3N5O4S2. The predicted molar refractivity (Wildman–Crippen MR) is 137 cm³/mol. The van der Waals surface area contributed by atoms with Crippen molar-refractivity contribution in [2.24, 2.45) is 0 Å². The van der Waals surface area contributed by atoms with Crippen LogP contribution in [0.5, 0.6) is 0 Å². The topological polar surface area (TPSA) is 106 Å². The lowest BCUT2D eigenvalue weighted by molar-refractivity contribution is -0.142. The lowest BCUT2D eigenvalue weighted by Crippen LogP contribution is -2.21. The van der Waals surface area contributed by atoms with E-state index < -0.39 is 29.7 Å². The molecule has 4 aromatic heterocycles. The van der Waals surface area contributed by atoms with Crippen LogP contribution >= 0.6 is 34.3 Å². The minimum Gasteiger partial charge on any atom is -0.462 e. The number of anilines is 1. The first-order chi connectivity index (χ1) is 17.8. The molecule has 0 aliphatic rings. The van der Waals surface area contributed by atoms with Crippen molar-refractivity contribution in [2.75, 3.05) is 26.0 Å². The molecule has 0 aromatic carbocycles. The van der Waals surface area contributed by atoms with Gasteiger partial charge >= 0.3 is 12.1 Å². The van der Waals surface area contributed by atoms with Gasteiger partial charge in [0.25, 0.3) is 11.8 Å². The van der Waals surface area contributed by atoms with Crippen LogP contribution in [0.1, 0.15) is 48.7 Å². The number of ether oxygens (including phenoxy) is 1. The summed E-state index contributed by atoms with van der Waals surface area (Å²) in [5.41, 5.74) is -1.45. The second-order valence-electron chi connectivity index (χ2n) is 8.06. The van der Waals surface area contributed by atoms with Crippen molar-refractivity contribution in [1.29, 1.82) is 0 Å². The summed E-state index contributed by atoms with van der Waals surface area (Å²) in [6.45, 7) is 3.19. The van der Waals surface area contributed by atoms with E-state index in [0.717, 1.165) is 34.8 Å². The summed E-state index contributed by atoms with van der Waals surface area (Å²) in [6.07, 6.45) is -4.81. The summed E-state index contributed by atoms with van der Waals surface area (Å²) >= 11 is 7.83. The minimum atomic E-state index is -4.81. The Kier molecular flexibility index (Phi) is 7.50. The van der Waals surface area contributed by atoms with Crippen LogP contribution in [0.2, 0.25) is 4.34 Å². The largest absolute Gasteiger partial charge is 0.462 e. The Hall–Kier alpha value is -3.49. The van der Waals surface area contributed by atoms with Gasteiger partial charge < -0.3 is 15.0 Å². The summed E-state index contributed by atoms with van der Waals surface area (Å²) in [6, 6.07) is 5.00. The molecule has 38 heavy (non-hydrogen) atoms. The molecule has 0 aliphatic carbocycles. The molecule has 0 bridgehead atoms. The Labute approximate surface area is 226 Å². The molecule has 0 fully saturated rings. The zero-order valence-corrected chi connectivity index (χ0v) is 22.7. The molecule has 0 radical (unpaired) electrons. The Morgan fingerprint density at radius 3 is 2.47 bits per heavy atom. The number of rotatable bonds is 6. The van der Waals surface area contributed by atoms with Crippen molar-refractivity contribution in [3.63, 3.8) is 0 Å². The SMILES string of the molecule is CCOC(=O)c1c(NC(=O)c2cc3nc(-c4ccc(Cl)s4)cc(C(F)(F)F)n3n2)sc(C(=O)N(C)C)c1C. The molecule has 200 valence electrons. The molecule has 0 saturated carbocycles. The number of nitrogens with zero attached hydrogens (tertiary/aromatic N) is 4. The number of fused-ring (bicyclic) bond motifs is 1. The van der Waals surface area contributed by atoms with Crippen molar-refractivity contribution in [3.05, 3.63) is 56.0 Å². The predicted octanol–water partition coefficient (Wildman–Crippen LogP) is 5.63. The normalized spacial score (nSPS) is 11.6. The van der Waals surface area contributed by atoms with Crippen molar-refractivity contribution in [1.82, 2.24) is 19.5 Å². The van der Waals surface area contributed by atoms with Crippen LogP contribution in [0.3, 0.4) is 0 Å². The van der Waals surface area contributed by atoms with Gasteiger partial charge in [-0.3, -0.25) is 9.59 Å². The van der Waals surface area contributed by atoms with E-state index in [2.05, 4.69) is 15.4 Å². The molecule has 0 aliphatic heterocycles. The van der Waals surface area contributed by atoms with E-state index in [0.29, 0.717) is 19.3 Å². The second-order valence-corrected chi connectivity index (χ2v) is 10.8. The fourth-order valence-corrected chi connectivity index (χ4v) is 5.71. The minimum absolute atomic E-state index is 0.00567. The number of alkyl halides is 3. The van der Waals surface area contributed by atoms with Gasteiger partial charge in [-0.1, -0.05) is 11.6 Å². The number of hydrogen-bond acceptors (Lipinski definition) is 8. The first-order valence-corrected chi connectivity index (χ1v) is 12.9. The summed E-state index contributed by atoms with van der Waals surface area (Å²) in [5, 5.41) is 6.33. The standard InChI is InChI=1S/C23H19ClF3N5O4S2/c1-5-36-22(35)17-10(2)18(21(34)31(3)4)38-20(17)29-19(33)12-9-16-28-11(13-6-7-15(24)37-13)8-14(23(25,26)27)32(16)30-12/h6-9H,5H2,1-4H3,(H,29,33). The summed E-state index contributed by atoms with van der Waals surface area (Å²) in [5.74, 6) is -2.06. The average Bonchev–Trinajstić information content (AvgIpc) is 3.54. The number of carbonyl (C=O) groups is 3. The monoisotopic (exact) mass is 585 g/mol. The van der Waals surface area contributed by atoms with Crippen molar-refractivity contribution in [3.8, 4) is 10.6 Å². The maximum absolute atomic E-state index is 13.9. The highest BCUT2D eigenvalue weighted by atomic mass is 35.5. The average molecular weight is 586 g/mol.